The van der Waals surface area contributed by atoms with Crippen LogP contribution in [-0.2, 0) is 14.3 Å². The molecular weight excluding hydrogens is 358 g/mol. The van der Waals surface area contributed by atoms with E-state index in [1.54, 1.807) is 24.3 Å². The maximum Gasteiger partial charge on any atom is 0.351 e. The first-order chi connectivity index (χ1) is 12.5. The number of aromatic nitrogens is 2. The Morgan fingerprint density at radius 1 is 1.35 bits per heavy atom. The monoisotopic (exact) mass is 375 g/mol. The van der Waals surface area contributed by atoms with Crippen LogP contribution in [-0.4, -0.2) is 39.2 Å². The number of rotatable bonds is 5. The third-order valence-electron chi connectivity index (χ3n) is 3.54. The number of hydrogen-bond acceptors (Lipinski definition) is 7. The quantitative estimate of drug-likeness (QED) is 0.793. The Hall–Kier alpha value is -2.65. The highest BCUT2D eigenvalue weighted by Crippen LogP contribution is 2.31. The van der Waals surface area contributed by atoms with Crippen LogP contribution in [0, 0.1) is 0 Å². The maximum atomic E-state index is 12.1. The minimum absolute atomic E-state index is 0.0844. The molecule has 1 fully saturated rings. The van der Waals surface area contributed by atoms with Gasteiger partial charge in [0.25, 0.3) is 0 Å². The van der Waals surface area contributed by atoms with Crippen LogP contribution in [0.15, 0.2) is 47.4 Å². The third kappa shape index (κ3) is 4.50. The summed E-state index contributed by atoms with van der Waals surface area (Å²) >= 11 is 1.45. The Bertz CT molecular complexity index is 855. The molecule has 0 saturated carbocycles. The van der Waals surface area contributed by atoms with E-state index < -0.39 is 17.9 Å². The van der Waals surface area contributed by atoms with Crippen molar-refractivity contribution in [2.45, 2.75) is 18.6 Å². The van der Waals surface area contributed by atoms with Gasteiger partial charge in [0.2, 0.25) is 5.91 Å². The average molecular weight is 375 g/mol. The van der Waals surface area contributed by atoms with Gasteiger partial charge in [-0.3, -0.25) is 9.36 Å². The van der Waals surface area contributed by atoms with E-state index >= 15 is 0 Å². The molecule has 1 aliphatic heterocycles. The minimum atomic E-state index is -0.524. The molecule has 0 aliphatic carbocycles. The first kappa shape index (κ1) is 18.2. The molecule has 1 N–H and O–H groups in total. The van der Waals surface area contributed by atoms with Gasteiger partial charge in [-0.1, -0.05) is 18.2 Å². The Labute approximate surface area is 153 Å². The third-order valence-corrected chi connectivity index (χ3v) is 4.63. The second kappa shape index (κ2) is 8.15. The Morgan fingerprint density at radius 2 is 2.12 bits per heavy atom. The van der Waals surface area contributed by atoms with E-state index in [0.717, 1.165) is 0 Å². The highest BCUT2D eigenvalue weighted by Gasteiger charge is 2.29. The Kier molecular flexibility index (Phi) is 5.69. The van der Waals surface area contributed by atoms with Gasteiger partial charge in [0.15, 0.2) is 0 Å². The molecule has 0 spiro atoms. The van der Waals surface area contributed by atoms with Gasteiger partial charge < -0.3 is 14.8 Å². The standard InChI is InChI=1S/C17H17N3O5S/c1-11(21)18-13-7-8-20(17(23)19-13)14-10-26-15(25-14)9-24-16(22)12-5-3-2-4-6-12/h2-8,14-15H,9-10H2,1H3,(H,18,19,21,23). The number of ether oxygens (including phenoxy) is 2. The van der Waals surface area contributed by atoms with Crippen LogP contribution in [0.5, 0.6) is 0 Å². The molecule has 1 amide bonds. The van der Waals surface area contributed by atoms with Crippen LogP contribution >= 0.6 is 11.8 Å². The molecule has 1 aliphatic rings. The van der Waals surface area contributed by atoms with Crippen molar-refractivity contribution >= 4 is 29.5 Å². The van der Waals surface area contributed by atoms with Gasteiger partial charge in [0, 0.05) is 18.9 Å². The normalized spacial score (nSPS) is 19.1. The smallest absolute Gasteiger partial charge is 0.351 e. The molecule has 8 nitrogen and oxygen atoms in total. The van der Waals surface area contributed by atoms with Crippen LogP contribution in [0.25, 0.3) is 0 Å². The molecule has 0 bridgehead atoms. The highest BCUT2D eigenvalue weighted by molar-refractivity contribution is 8.00. The van der Waals surface area contributed by atoms with Crippen molar-refractivity contribution in [3.05, 3.63) is 58.6 Å². The van der Waals surface area contributed by atoms with Crippen molar-refractivity contribution in [2.24, 2.45) is 0 Å². The zero-order valence-corrected chi connectivity index (χ0v) is 14.8. The number of esters is 1. The topological polar surface area (TPSA) is 99.5 Å². The molecular formula is C17H17N3O5S. The zero-order valence-electron chi connectivity index (χ0n) is 14.0. The average Bonchev–Trinajstić information content (AvgIpc) is 3.08. The second-order valence-corrected chi connectivity index (χ2v) is 6.69. The summed E-state index contributed by atoms with van der Waals surface area (Å²) in [6.45, 7) is 1.42. The molecule has 1 aromatic carbocycles. The van der Waals surface area contributed by atoms with Gasteiger partial charge >= 0.3 is 11.7 Å². The van der Waals surface area contributed by atoms with E-state index in [1.807, 2.05) is 6.07 Å². The number of hydrogen-bond donors (Lipinski definition) is 1. The van der Waals surface area contributed by atoms with Gasteiger partial charge in [0.1, 0.15) is 24.1 Å². The predicted molar refractivity (Wildman–Crippen MR) is 95.9 cm³/mol. The number of nitrogens with zero attached hydrogens (tertiary/aromatic N) is 2. The van der Waals surface area contributed by atoms with Crippen LogP contribution in [0.3, 0.4) is 0 Å². The summed E-state index contributed by atoms with van der Waals surface area (Å²) in [4.78, 5) is 38.8. The van der Waals surface area contributed by atoms with Crippen LogP contribution in [0.1, 0.15) is 23.5 Å². The minimum Gasteiger partial charge on any atom is -0.458 e. The summed E-state index contributed by atoms with van der Waals surface area (Å²) in [5, 5.41) is 2.45. The molecule has 2 unspecified atom stereocenters. The summed E-state index contributed by atoms with van der Waals surface area (Å²) in [6.07, 6.45) is 1.01. The number of benzene rings is 1. The molecule has 26 heavy (non-hydrogen) atoms. The van der Waals surface area contributed by atoms with E-state index in [2.05, 4.69) is 10.3 Å². The van der Waals surface area contributed by atoms with Gasteiger partial charge in [-0.25, -0.2) is 9.59 Å². The van der Waals surface area contributed by atoms with E-state index in [4.69, 9.17) is 9.47 Å². The number of nitrogens with one attached hydrogen (secondary N) is 1. The highest BCUT2D eigenvalue weighted by atomic mass is 32.2. The van der Waals surface area contributed by atoms with Gasteiger partial charge in [-0.15, -0.1) is 11.8 Å². The number of carbonyl (C=O) groups is 2. The first-order valence-electron chi connectivity index (χ1n) is 7.89. The fourth-order valence-corrected chi connectivity index (χ4v) is 3.35. The second-order valence-electron chi connectivity index (χ2n) is 5.50. The van der Waals surface area contributed by atoms with Crippen molar-refractivity contribution in [1.82, 2.24) is 9.55 Å². The Balaban J connectivity index is 1.56. The molecule has 1 aromatic heterocycles. The summed E-state index contributed by atoms with van der Waals surface area (Å²) in [7, 11) is 0. The van der Waals surface area contributed by atoms with Gasteiger partial charge in [-0.05, 0) is 18.2 Å². The lowest BCUT2D eigenvalue weighted by Gasteiger charge is -2.15. The molecule has 3 rings (SSSR count). The Morgan fingerprint density at radius 3 is 2.81 bits per heavy atom. The lowest BCUT2D eigenvalue weighted by atomic mass is 10.2. The van der Waals surface area contributed by atoms with Crippen LogP contribution < -0.4 is 11.0 Å². The fourth-order valence-electron chi connectivity index (χ4n) is 2.36. The lowest BCUT2D eigenvalue weighted by Crippen LogP contribution is -2.29. The summed E-state index contributed by atoms with van der Waals surface area (Å²) in [5.74, 6) is -0.00802. The van der Waals surface area contributed by atoms with E-state index in [9.17, 15) is 14.4 Å². The number of amides is 1. The summed E-state index contributed by atoms with van der Waals surface area (Å²) < 4.78 is 12.4. The van der Waals surface area contributed by atoms with Crippen LogP contribution in [0.2, 0.25) is 0 Å². The lowest BCUT2D eigenvalue weighted by molar-refractivity contribution is -0.114. The van der Waals surface area contributed by atoms with E-state index in [-0.39, 0.29) is 23.8 Å². The molecule has 2 aromatic rings. The SMILES string of the molecule is CC(=O)Nc1ccn(C2CSC(COC(=O)c3ccccc3)O2)c(=O)n1. The van der Waals surface area contributed by atoms with Crippen molar-refractivity contribution in [3.63, 3.8) is 0 Å². The zero-order chi connectivity index (χ0) is 18.5. The number of carbonyl (C=O) groups excluding carboxylic acids is 2. The van der Waals surface area contributed by atoms with Crippen molar-refractivity contribution in [1.29, 1.82) is 0 Å². The predicted octanol–water partition coefficient (Wildman–Crippen LogP) is 1.65. The molecule has 9 heteroatoms. The van der Waals surface area contributed by atoms with Gasteiger partial charge in [-0.2, -0.15) is 4.98 Å². The summed E-state index contributed by atoms with van der Waals surface area (Å²) in [5.41, 5.74) is -0.417. The van der Waals surface area contributed by atoms with E-state index in [0.29, 0.717) is 11.3 Å². The molecule has 136 valence electrons. The van der Waals surface area contributed by atoms with Crippen molar-refractivity contribution in [3.8, 4) is 0 Å². The fraction of sp³-hybridized carbons (Fsp3) is 0.294. The van der Waals surface area contributed by atoms with E-state index in [1.165, 1.54) is 35.5 Å². The molecule has 0 radical (unpaired) electrons. The molecule has 1 saturated heterocycles. The van der Waals surface area contributed by atoms with Crippen molar-refractivity contribution < 1.29 is 19.1 Å². The maximum absolute atomic E-state index is 12.1. The first-order valence-corrected chi connectivity index (χ1v) is 8.94. The van der Waals surface area contributed by atoms with Crippen LogP contribution in [0.4, 0.5) is 5.82 Å². The number of anilines is 1. The summed E-state index contributed by atoms with van der Waals surface area (Å²) in [6, 6.07) is 10.2. The van der Waals surface area contributed by atoms with Crippen molar-refractivity contribution in [2.75, 3.05) is 17.7 Å². The molecule has 2 heterocycles. The molecule has 2 atom stereocenters. The van der Waals surface area contributed by atoms with Gasteiger partial charge in [0.05, 0.1) is 5.56 Å². The largest absolute Gasteiger partial charge is 0.458 e. The number of thioether (sulfide) groups is 1.